The minimum absolute atomic E-state index is 0.218. The molecule has 0 aliphatic heterocycles. The predicted octanol–water partition coefficient (Wildman–Crippen LogP) is 5.07. The van der Waals surface area contributed by atoms with Crippen LogP contribution in [0.3, 0.4) is 0 Å². The Morgan fingerprint density at radius 1 is 1.12 bits per heavy atom. The molecule has 0 heterocycles. The van der Waals surface area contributed by atoms with E-state index < -0.39 is 0 Å². The highest BCUT2D eigenvalue weighted by Crippen LogP contribution is 2.28. The summed E-state index contributed by atoms with van der Waals surface area (Å²) in [5.41, 5.74) is 7.94. The largest absolute Gasteiger partial charge is 0.352 e. The number of hydrogen-bond donors (Lipinski definition) is 2. The van der Waals surface area contributed by atoms with Gasteiger partial charge >= 0.3 is 0 Å². The van der Waals surface area contributed by atoms with Gasteiger partial charge in [0, 0.05) is 12.5 Å². The molecular weight excluding hydrogens is 308 g/mol. The minimum Gasteiger partial charge on any atom is -0.352 e. The molecule has 1 aliphatic carbocycles. The summed E-state index contributed by atoms with van der Waals surface area (Å²) in [6.07, 6.45) is 6.71. The van der Waals surface area contributed by atoms with Crippen molar-refractivity contribution in [2.75, 3.05) is 6.54 Å². The molecular formula is C22H40N2O. The third kappa shape index (κ3) is 10.3. The van der Waals surface area contributed by atoms with E-state index in [1.165, 1.54) is 24.8 Å². The fraction of sp³-hybridized carbons (Fsp3) is 0.682. The van der Waals surface area contributed by atoms with Crippen molar-refractivity contribution in [1.82, 2.24) is 5.32 Å². The Balaban J connectivity index is 0.00000104. The molecule has 1 aromatic carbocycles. The fourth-order valence-corrected chi connectivity index (χ4v) is 3.00. The summed E-state index contributed by atoms with van der Waals surface area (Å²) < 4.78 is 0. The van der Waals surface area contributed by atoms with E-state index in [2.05, 4.69) is 50.4 Å². The maximum absolute atomic E-state index is 12.2. The van der Waals surface area contributed by atoms with Crippen LogP contribution in [0.1, 0.15) is 77.8 Å². The van der Waals surface area contributed by atoms with Crippen LogP contribution < -0.4 is 11.1 Å². The van der Waals surface area contributed by atoms with Gasteiger partial charge in [0.05, 0.1) is 0 Å². The zero-order valence-corrected chi connectivity index (χ0v) is 17.1. The van der Waals surface area contributed by atoms with Crippen LogP contribution in [-0.2, 0) is 17.8 Å². The van der Waals surface area contributed by atoms with Crippen LogP contribution >= 0.6 is 0 Å². The highest BCUT2D eigenvalue weighted by atomic mass is 16.1. The molecule has 1 fully saturated rings. The molecule has 25 heavy (non-hydrogen) atoms. The third-order valence-electron chi connectivity index (χ3n) is 4.23. The van der Waals surface area contributed by atoms with E-state index in [1.54, 1.807) is 0 Å². The van der Waals surface area contributed by atoms with E-state index in [9.17, 15) is 4.79 Å². The average Bonchev–Trinajstić information content (AvgIpc) is 2.63. The van der Waals surface area contributed by atoms with Crippen molar-refractivity contribution in [3.05, 3.63) is 35.4 Å². The first-order valence-corrected chi connectivity index (χ1v) is 10.2. The molecule has 3 nitrogen and oxygen atoms in total. The number of benzene rings is 1. The Hall–Kier alpha value is -1.35. The second kappa shape index (κ2) is 14.9. The number of amides is 1. The maximum Gasteiger partial charge on any atom is 0.223 e. The second-order valence-electron chi connectivity index (χ2n) is 6.75. The van der Waals surface area contributed by atoms with Gasteiger partial charge in [-0.05, 0) is 42.9 Å². The molecule has 0 bridgehead atoms. The van der Waals surface area contributed by atoms with Crippen LogP contribution in [0.15, 0.2) is 24.3 Å². The lowest BCUT2D eigenvalue weighted by Crippen LogP contribution is -2.33. The molecule has 2 rings (SSSR count). The van der Waals surface area contributed by atoms with Gasteiger partial charge in [-0.2, -0.15) is 0 Å². The fourth-order valence-electron chi connectivity index (χ4n) is 3.00. The molecule has 0 aromatic heterocycles. The molecule has 144 valence electrons. The molecule has 2 atom stereocenters. The van der Waals surface area contributed by atoms with Gasteiger partial charge in [0.1, 0.15) is 0 Å². The topological polar surface area (TPSA) is 55.1 Å². The monoisotopic (exact) mass is 348 g/mol. The summed E-state index contributed by atoms with van der Waals surface area (Å²) >= 11 is 0. The summed E-state index contributed by atoms with van der Waals surface area (Å²) in [6.45, 7) is 11.8. The van der Waals surface area contributed by atoms with E-state index in [4.69, 9.17) is 5.73 Å². The second-order valence-corrected chi connectivity index (χ2v) is 6.75. The molecule has 2 unspecified atom stereocenters. The molecule has 0 saturated heterocycles. The van der Waals surface area contributed by atoms with E-state index in [1.807, 2.05) is 13.8 Å². The van der Waals surface area contributed by atoms with Crippen molar-refractivity contribution in [2.24, 2.45) is 17.6 Å². The minimum atomic E-state index is 0.218. The highest BCUT2D eigenvalue weighted by molar-refractivity contribution is 5.78. The quantitative estimate of drug-likeness (QED) is 0.780. The van der Waals surface area contributed by atoms with Crippen LogP contribution in [0.5, 0.6) is 0 Å². The summed E-state index contributed by atoms with van der Waals surface area (Å²) in [5.74, 6) is 1.13. The summed E-state index contributed by atoms with van der Waals surface area (Å²) in [5, 5.41) is 3.08. The van der Waals surface area contributed by atoms with Crippen molar-refractivity contribution in [3.8, 4) is 0 Å². The standard InChI is InChI=1S/C17H26N2O.C3H8.C2H6/c1-13-3-2-4-16(11-13)17(20)19-12-15-7-5-14(6-8-15)9-10-18;1-3-2;1-2/h5-8,13,16H,2-4,9-12,18H2,1H3,(H,19,20);3H2,1-2H3;1-2H3. The zero-order valence-electron chi connectivity index (χ0n) is 17.1. The molecule has 1 aromatic rings. The van der Waals surface area contributed by atoms with E-state index >= 15 is 0 Å². The van der Waals surface area contributed by atoms with Crippen LogP contribution in [0.2, 0.25) is 0 Å². The Bertz CT molecular complexity index is 442. The maximum atomic E-state index is 12.2. The van der Waals surface area contributed by atoms with Crippen molar-refractivity contribution in [1.29, 1.82) is 0 Å². The lowest BCUT2D eigenvalue weighted by molar-refractivity contribution is -0.126. The molecule has 0 spiro atoms. The van der Waals surface area contributed by atoms with Gasteiger partial charge in [-0.15, -0.1) is 0 Å². The Morgan fingerprint density at radius 3 is 2.20 bits per heavy atom. The van der Waals surface area contributed by atoms with Crippen LogP contribution in [-0.4, -0.2) is 12.5 Å². The van der Waals surface area contributed by atoms with E-state index in [-0.39, 0.29) is 11.8 Å². The average molecular weight is 349 g/mol. The van der Waals surface area contributed by atoms with Gasteiger partial charge in [0.15, 0.2) is 0 Å². The Labute approximate surface area is 155 Å². The van der Waals surface area contributed by atoms with Crippen LogP contribution in [0, 0.1) is 11.8 Å². The van der Waals surface area contributed by atoms with E-state index in [0.29, 0.717) is 19.0 Å². The molecule has 1 aliphatic rings. The SMILES string of the molecule is CC.CC1CCCC(C(=O)NCc2ccc(CCN)cc2)C1.CCC. The Morgan fingerprint density at radius 2 is 1.68 bits per heavy atom. The van der Waals surface area contributed by atoms with Crippen molar-refractivity contribution in [3.63, 3.8) is 0 Å². The normalized spacial score (nSPS) is 19.0. The summed E-state index contributed by atoms with van der Waals surface area (Å²) in [6, 6.07) is 8.34. The van der Waals surface area contributed by atoms with Gasteiger partial charge in [0.2, 0.25) is 5.91 Å². The number of carbonyl (C=O) groups excluding carboxylic acids is 1. The third-order valence-corrected chi connectivity index (χ3v) is 4.23. The van der Waals surface area contributed by atoms with Crippen LogP contribution in [0.4, 0.5) is 0 Å². The number of carbonyl (C=O) groups is 1. The number of hydrogen-bond acceptors (Lipinski definition) is 2. The first kappa shape index (κ1) is 23.6. The number of nitrogens with two attached hydrogens (primary N) is 1. The van der Waals surface area contributed by atoms with Crippen molar-refractivity contribution >= 4 is 5.91 Å². The van der Waals surface area contributed by atoms with Crippen molar-refractivity contribution < 1.29 is 4.79 Å². The summed E-state index contributed by atoms with van der Waals surface area (Å²) in [7, 11) is 0. The van der Waals surface area contributed by atoms with Crippen molar-refractivity contribution in [2.45, 2.75) is 79.7 Å². The molecule has 3 N–H and O–H groups in total. The number of nitrogens with one attached hydrogen (secondary N) is 1. The lowest BCUT2D eigenvalue weighted by atomic mass is 9.82. The van der Waals surface area contributed by atoms with Gasteiger partial charge in [-0.3, -0.25) is 4.79 Å². The number of rotatable bonds is 5. The highest BCUT2D eigenvalue weighted by Gasteiger charge is 2.24. The smallest absolute Gasteiger partial charge is 0.223 e. The summed E-state index contributed by atoms with van der Waals surface area (Å²) in [4.78, 5) is 12.2. The van der Waals surface area contributed by atoms with E-state index in [0.717, 1.165) is 24.8 Å². The first-order valence-electron chi connectivity index (χ1n) is 10.2. The zero-order chi connectivity index (χ0) is 19.1. The lowest BCUT2D eigenvalue weighted by Gasteiger charge is -2.25. The first-order chi connectivity index (χ1) is 12.1. The molecule has 1 saturated carbocycles. The Kier molecular flexibility index (Phi) is 14.1. The van der Waals surface area contributed by atoms with Gasteiger partial charge in [0.25, 0.3) is 0 Å². The molecule has 3 heteroatoms. The molecule has 1 amide bonds. The molecule has 0 radical (unpaired) electrons. The van der Waals surface area contributed by atoms with Gasteiger partial charge < -0.3 is 11.1 Å². The van der Waals surface area contributed by atoms with Gasteiger partial charge in [-0.25, -0.2) is 0 Å². The van der Waals surface area contributed by atoms with Crippen LogP contribution in [0.25, 0.3) is 0 Å². The van der Waals surface area contributed by atoms with Gasteiger partial charge in [-0.1, -0.05) is 78.1 Å². The predicted molar refractivity (Wildman–Crippen MR) is 109 cm³/mol.